The van der Waals surface area contributed by atoms with Gasteiger partial charge in [0.15, 0.2) is 0 Å². The summed E-state index contributed by atoms with van der Waals surface area (Å²) in [5.41, 5.74) is 5.98. The van der Waals surface area contributed by atoms with Gasteiger partial charge in [-0.3, -0.25) is 0 Å². The molecule has 0 heterocycles. The molecule has 0 bridgehead atoms. The summed E-state index contributed by atoms with van der Waals surface area (Å²) in [6.07, 6.45) is 0. The van der Waals surface area contributed by atoms with Gasteiger partial charge in [-0.15, -0.1) is 0 Å². The Bertz CT molecular complexity index is 1510. The van der Waals surface area contributed by atoms with Gasteiger partial charge < -0.3 is 4.90 Å². The zero-order chi connectivity index (χ0) is 22.0. The van der Waals surface area contributed by atoms with Gasteiger partial charge in [0, 0.05) is 16.8 Å². The second-order valence-electron chi connectivity index (χ2n) is 8.25. The lowest BCUT2D eigenvalue weighted by Crippen LogP contribution is -2.10. The first-order chi connectivity index (χ1) is 16.4. The van der Waals surface area contributed by atoms with Crippen molar-refractivity contribution >= 4 is 38.6 Å². The highest BCUT2D eigenvalue weighted by Gasteiger charge is 2.15. The molecular weight excluding hydrogens is 398 g/mol. The van der Waals surface area contributed by atoms with Crippen LogP contribution in [0.25, 0.3) is 32.7 Å². The van der Waals surface area contributed by atoms with Crippen molar-refractivity contribution in [1.29, 1.82) is 0 Å². The molecule has 1 heteroatoms. The number of hydrogen-bond acceptors (Lipinski definition) is 1. The normalized spacial score (nSPS) is 11.0. The smallest absolute Gasteiger partial charge is 0.0540 e. The molecule has 0 N–H and O–H groups in total. The fourth-order valence-electron chi connectivity index (χ4n) is 4.69. The average Bonchev–Trinajstić information content (AvgIpc) is 2.89. The van der Waals surface area contributed by atoms with Gasteiger partial charge in [0.1, 0.15) is 0 Å². The molecule has 6 aromatic carbocycles. The molecule has 0 fully saturated rings. The van der Waals surface area contributed by atoms with E-state index in [2.05, 4.69) is 144 Å². The van der Waals surface area contributed by atoms with Gasteiger partial charge in [0.25, 0.3) is 0 Å². The van der Waals surface area contributed by atoms with Gasteiger partial charge in [-0.25, -0.2) is 0 Å². The summed E-state index contributed by atoms with van der Waals surface area (Å²) < 4.78 is 0. The van der Waals surface area contributed by atoms with E-state index in [9.17, 15) is 0 Å². The Kier molecular flexibility index (Phi) is 4.86. The van der Waals surface area contributed by atoms with Gasteiger partial charge in [-0.1, -0.05) is 103 Å². The maximum atomic E-state index is 2.33. The van der Waals surface area contributed by atoms with Crippen molar-refractivity contribution in [1.82, 2.24) is 0 Å². The second kappa shape index (κ2) is 8.29. The van der Waals surface area contributed by atoms with Crippen LogP contribution in [0.1, 0.15) is 0 Å². The van der Waals surface area contributed by atoms with Crippen LogP contribution in [0, 0.1) is 0 Å². The Morgan fingerprint density at radius 1 is 0.394 bits per heavy atom. The summed E-state index contributed by atoms with van der Waals surface area (Å²) in [6, 6.07) is 49.7. The summed E-state index contributed by atoms with van der Waals surface area (Å²) >= 11 is 0. The zero-order valence-electron chi connectivity index (χ0n) is 18.2. The standard InChI is InChI=1S/C32H23N/c1-3-14-27(15-4-1)33(28-16-5-2-6-17-28)32-20-10-13-25-23-26(21-22-31(25)32)30-19-9-12-24-11-7-8-18-29(24)30/h1-23H. The largest absolute Gasteiger partial charge is 0.310 e. The van der Waals surface area contributed by atoms with Gasteiger partial charge in [-0.2, -0.15) is 0 Å². The van der Waals surface area contributed by atoms with Crippen LogP contribution in [-0.2, 0) is 0 Å². The third-order valence-electron chi connectivity index (χ3n) is 6.23. The third kappa shape index (κ3) is 3.54. The molecule has 0 aliphatic rings. The van der Waals surface area contributed by atoms with Crippen molar-refractivity contribution < 1.29 is 0 Å². The molecule has 0 aliphatic heterocycles. The first-order valence-electron chi connectivity index (χ1n) is 11.3. The molecule has 0 aromatic heterocycles. The summed E-state index contributed by atoms with van der Waals surface area (Å²) in [5, 5.41) is 5.01. The van der Waals surface area contributed by atoms with Crippen molar-refractivity contribution in [3.63, 3.8) is 0 Å². The maximum absolute atomic E-state index is 2.33. The lowest BCUT2D eigenvalue weighted by molar-refractivity contribution is 1.30. The molecule has 0 atom stereocenters. The van der Waals surface area contributed by atoms with Crippen molar-refractivity contribution in [2.24, 2.45) is 0 Å². The molecule has 0 amide bonds. The Hall–Kier alpha value is -4.36. The van der Waals surface area contributed by atoms with E-state index in [4.69, 9.17) is 0 Å². The lowest BCUT2D eigenvalue weighted by Gasteiger charge is -2.27. The number of rotatable bonds is 4. The van der Waals surface area contributed by atoms with E-state index in [0.29, 0.717) is 0 Å². The average molecular weight is 422 g/mol. The van der Waals surface area contributed by atoms with E-state index in [0.717, 1.165) is 11.4 Å². The molecule has 33 heavy (non-hydrogen) atoms. The molecule has 0 saturated carbocycles. The molecular formula is C32H23N. The molecule has 6 aromatic rings. The van der Waals surface area contributed by atoms with Crippen LogP contribution in [0.3, 0.4) is 0 Å². The van der Waals surface area contributed by atoms with Crippen molar-refractivity contribution in [3.05, 3.63) is 140 Å². The van der Waals surface area contributed by atoms with Crippen LogP contribution < -0.4 is 4.90 Å². The molecule has 156 valence electrons. The van der Waals surface area contributed by atoms with E-state index >= 15 is 0 Å². The van der Waals surface area contributed by atoms with E-state index < -0.39 is 0 Å². The number of anilines is 3. The van der Waals surface area contributed by atoms with Gasteiger partial charge in [0.05, 0.1) is 5.69 Å². The van der Waals surface area contributed by atoms with E-state index in [1.807, 2.05) is 0 Å². The van der Waals surface area contributed by atoms with Crippen LogP contribution in [0.15, 0.2) is 140 Å². The van der Waals surface area contributed by atoms with Gasteiger partial charge >= 0.3 is 0 Å². The number of benzene rings is 6. The minimum absolute atomic E-state index is 1.15. The fourth-order valence-corrected chi connectivity index (χ4v) is 4.69. The van der Waals surface area contributed by atoms with Crippen LogP contribution >= 0.6 is 0 Å². The van der Waals surface area contributed by atoms with Gasteiger partial charge in [-0.05, 0) is 63.7 Å². The van der Waals surface area contributed by atoms with Crippen molar-refractivity contribution in [2.45, 2.75) is 0 Å². The van der Waals surface area contributed by atoms with E-state index in [-0.39, 0.29) is 0 Å². The molecule has 0 radical (unpaired) electrons. The van der Waals surface area contributed by atoms with Crippen LogP contribution in [0.4, 0.5) is 17.1 Å². The highest BCUT2D eigenvalue weighted by atomic mass is 15.1. The minimum atomic E-state index is 1.15. The highest BCUT2D eigenvalue weighted by Crippen LogP contribution is 2.40. The predicted octanol–water partition coefficient (Wildman–Crippen LogP) is 9.13. The monoisotopic (exact) mass is 421 g/mol. The Morgan fingerprint density at radius 2 is 1.00 bits per heavy atom. The van der Waals surface area contributed by atoms with Crippen molar-refractivity contribution in [3.8, 4) is 11.1 Å². The number of hydrogen-bond donors (Lipinski definition) is 0. The first-order valence-corrected chi connectivity index (χ1v) is 11.3. The number of para-hydroxylation sites is 2. The predicted molar refractivity (Wildman–Crippen MR) is 142 cm³/mol. The quantitative estimate of drug-likeness (QED) is 0.274. The van der Waals surface area contributed by atoms with E-state index in [1.54, 1.807) is 0 Å². The summed E-state index contributed by atoms with van der Waals surface area (Å²) in [6.45, 7) is 0. The zero-order valence-corrected chi connectivity index (χ0v) is 18.2. The lowest BCUT2D eigenvalue weighted by atomic mass is 9.95. The number of nitrogens with zero attached hydrogens (tertiary/aromatic N) is 1. The van der Waals surface area contributed by atoms with Crippen LogP contribution in [-0.4, -0.2) is 0 Å². The molecule has 0 spiro atoms. The molecule has 0 saturated heterocycles. The SMILES string of the molecule is c1ccc(N(c2ccccc2)c2cccc3cc(-c4cccc5ccccc45)ccc23)cc1. The second-order valence-corrected chi connectivity index (χ2v) is 8.25. The minimum Gasteiger partial charge on any atom is -0.310 e. The third-order valence-corrected chi connectivity index (χ3v) is 6.23. The highest BCUT2D eigenvalue weighted by molar-refractivity contribution is 6.03. The van der Waals surface area contributed by atoms with E-state index in [1.165, 1.54) is 38.4 Å². The maximum Gasteiger partial charge on any atom is 0.0540 e. The van der Waals surface area contributed by atoms with Crippen LogP contribution in [0.2, 0.25) is 0 Å². The Balaban J connectivity index is 1.54. The van der Waals surface area contributed by atoms with Crippen molar-refractivity contribution in [2.75, 3.05) is 4.90 Å². The molecule has 1 nitrogen and oxygen atoms in total. The summed E-state index contributed by atoms with van der Waals surface area (Å²) in [7, 11) is 0. The van der Waals surface area contributed by atoms with Gasteiger partial charge in [0.2, 0.25) is 0 Å². The fraction of sp³-hybridized carbons (Fsp3) is 0. The molecule has 0 unspecified atom stereocenters. The van der Waals surface area contributed by atoms with Crippen LogP contribution in [0.5, 0.6) is 0 Å². The Labute approximate surface area is 194 Å². The Morgan fingerprint density at radius 3 is 1.76 bits per heavy atom. The first kappa shape index (κ1) is 19.3. The topological polar surface area (TPSA) is 3.24 Å². The summed E-state index contributed by atoms with van der Waals surface area (Å²) in [4.78, 5) is 2.33. The molecule has 6 rings (SSSR count). The molecule has 0 aliphatic carbocycles. The number of fused-ring (bicyclic) bond motifs is 2. The summed E-state index contributed by atoms with van der Waals surface area (Å²) in [5.74, 6) is 0.